The normalized spacial score (nSPS) is 23.5. The topological polar surface area (TPSA) is 69.9 Å². The van der Waals surface area contributed by atoms with E-state index in [1.807, 2.05) is 13.8 Å². The molecule has 0 N–H and O–H groups in total. The van der Waals surface area contributed by atoms with Crippen molar-refractivity contribution in [1.82, 2.24) is 14.9 Å². The number of aryl methyl sites for hydroxylation is 2. The molecule has 128 valence electrons. The largest absolute Gasteiger partial charge is 0.339 e. The van der Waals surface area contributed by atoms with Gasteiger partial charge < -0.3 is 4.90 Å². The van der Waals surface area contributed by atoms with Crippen LogP contribution in [0.3, 0.4) is 0 Å². The molecule has 0 spiro atoms. The maximum atomic E-state index is 12.8. The van der Waals surface area contributed by atoms with Gasteiger partial charge in [0.05, 0.1) is 11.4 Å². The molecule has 1 aliphatic heterocycles. The van der Waals surface area contributed by atoms with Crippen LogP contribution in [0.15, 0.2) is 5.03 Å². The molecular formula is C18H24N4OS. The molecule has 0 radical (unpaired) electrons. The summed E-state index contributed by atoms with van der Waals surface area (Å²) in [6.45, 7) is 4.52. The Morgan fingerprint density at radius 1 is 1.25 bits per heavy atom. The number of hydrogen-bond acceptors (Lipinski definition) is 5. The van der Waals surface area contributed by atoms with E-state index in [4.69, 9.17) is 0 Å². The van der Waals surface area contributed by atoms with Gasteiger partial charge in [0.25, 0.3) is 0 Å². The van der Waals surface area contributed by atoms with E-state index in [0.717, 1.165) is 19.4 Å². The molecule has 2 unspecified atom stereocenters. The molecule has 2 atom stereocenters. The molecule has 0 bridgehead atoms. The van der Waals surface area contributed by atoms with Crippen LogP contribution >= 0.6 is 11.8 Å². The number of piperidine rings is 1. The van der Waals surface area contributed by atoms with Crippen LogP contribution in [0.25, 0.3) is 0 Å². The number of carbonyl (C=O) groups is 1. The molecule has 1 saturated carbocycles. The first-order valence-corrected chi connectivity index (χ1v) is 9.76. The number of nitriles is 1. The Hall–Kier alpha value is -1.61. The molecule has 1 aromatic rings. The maximum absolute atomic E-state index is 12.8. The Balaban J connectivity index is 1.68. The van der Waals surface area contributed by atoms with Gasteiger partial charge in [0, 0.05) is 12.6 Å². The Kier molecular flexibility index (Phi) is 5.40. The summed E-state index contributed by atoms with van der Waals surface area (Å²) in [6.07, 6.45) is 7.35. The van der Waals surface area contributed by atoms with Crippen LogP contribution in [-0.4, -0.2) is 39.1 Å². The number of carbonyl (C=O) groups excluding carboxylic acids is 1. The van der Waals surface area contributed by atoms with Crippen molar-refractivity contribution in [3.8, 4) is 6.07 Å². The molecule has 24 heavy (non-hydrogen) atoms. The van der Waals surface area contributed by atoms with E-state index in [1.54, 1.807) is 0 Å². The van der Waals surface area contributed by atoms with Gasteiger partial charge in [-0.15, -0.1) is 0 Å². The summed E-state index contributed by atoms with van der Waals surface area (Å²) in [5.41, 5.74) is 1.18. The van der Waals surface area contributed by atoms with Crippen molar-refractivity contribution in [3.63, 3.8) is 0 Å². The number of fused-ring (bicyclic) bond motifs is 1. The lowest BCUT2D eigenvalue weighted by Gasteiger charge is -2.44. The highest BCUT2D eigenvalue weighted by atomic mass is 32.2. The fraction of sp³-hybridized carbons (Fsp3) is 0.667. The summed E-state index contributed by atoms with van der Waals surface area (Å²) in [4.78, 5) is 23.5. The Labute approximate surface area is 147 Å². The third kappa shape index (κ3) is 3.56. The lowest BCUT2D eigenvalue weighted by Crippen LogP contribution is -2.50. The molecule has 1 amide bonds. The summed E-state index contributed by atoms with van der Waals surface area (Å²) in [6, 6.07) is 2.60. The van der Waals surface area contributed by atoms with Crippen molar-refractivity contribution in [3.05, 3.63) is 17.1 Å². The van der Waals surface area contributed by atoms with Crippen LogP contribution < -0.4 is 0 Å². The van der Waals surface area contributed by atoms with Gasteiger partial charge in [-0.05, 0) is 45.4 Å². The zero-order valence-electron chi connectivity index (χ0n) is 14.4. The van der Waals surface area contributed by atoms with Gasteiger partial charge >= 0.3 is 0 Å². The zero-order chi connectivity index (χ0) is 17.1. The second-order valence-corrected chi connectivity index (χ2v) is 7.74. The molecule has 2 heterocycles. The van der Waals surface area contributed by atoms with Gasteiger partial charge in [0.2, 0.25) is 5.91 Å². The van der Waals surface area contributed by atoms with Gasteiger partial charge in [-0.1, -0.05) is 24.6 Å². The van der Waals surface area contributed by atoms with Crippen molar-refractivity contribution in [2.24, 2.45) is 5.92 Å². The minimum absolute atomic E-state index is 0.189. The van der Waals surface area contributed by atoms with E-state index in [9.17, 15) is 10.1 Å². The SMILES string of the molecule is Cc1nc(C)c(C#N)c(SCC(=O)N2CCCC3CCCCC32)n1. The maximum Gasteiger partial charge on any atom is 0.233 e. The van der Waals surface area contributed by atoms with Crippen LogP contribution in [0, 0.1) is 31.1 Å². The number of likely N-dealkylation sites (tertiary alicyclic amines) is 1. The van der Waals surface area contributed by atoms with Crippen molar-refractivity contribution < 1.29 is 4.79 Å². The molecule has 0 aromatic carbocycles. The van der Waals surface area contributed by atoms with Crippen LogP contribution in [0.2, 0.25) is 0 Å². The van der Waals surface area contributed by atoms with E-state index in [-0.39, 0.29) is 5.91 Å². The van der Waals surface area contributed by atoms with Crippen molar-refractivity contribution in [2.45, 2.75) is 63.4 Å². The highest BCUT2D eigenvalue weighted by molar-refractivity contribution is 8.00. The van der Waals surface area contributed by atoms with Crippen LogP contribution in [0.1, 0.15) is 55.6 Å². The Morgan fingerprint density at radius 2 is 2.00 bits per heavy atom. The van der Waals surface area contributed by atoms with Gasteiger partial charge in [-0.3, -0.25) is 4.79 Å². The van der Waals surface area contributed by atoms with E-state index < -0.39 is 0 Å². The zero-order valence-corrected chi connectivity index (χ0v) is 15.2. The van der Waals surface area contributed by atoms with Gasteiger partial charge in [0.15, 0.2) is 0 Å². The minimum Gasteiger partial charge on any atom is -0.339 e. The van der Waals surface area contributed by atoms with E-state index in [1.165, 1.54) is 37.4 Å². The highest BCUT2D eigenvalue weighted by Gasteiger charge is 2.35. The second kappa shape index (κ2) is 7.52. The van der Waals surface area contributed by atoms with E-state index >= 15 is 0 Å². The summed E-state index contributed by atoms with van der Waals surface area (Å²) in [7, 11) is 0. The Morgan fingerprint density at radius 3 is 2.79 bits per heavy atom. The fourth-order valence-electron chi connectivity index (χ4n) is 4.06. The van der Waals surface area contributed by atoms with Gasteiger partial charge in [0.1, 0.15) is 22.5 Å². The number of thioether (sulfide) groups is 1. The summed E-state index contributed by atoms with van der Waals surface area (Å²) < 4.78 is 0. The molecule has 1 aliphatic carbocycles. The van der Waals surface area contributed by atoms with E-state index in [0.29, 0.717) is 39.8 Å². The Bertz CT molecular complexity index is 668. The predicted octanol–water partition coefficient (Wildman–Crippen LogP) is 3.24. The number of amides is 1. The molecular weight excluding hydrogens is 320 g/mol. The smallest absolute Gasteiger partial charge is 0.233 e. The number of nitrogens with zero attached hydrogens (tertiary/aromatic N) is 4. The standard InChI is InChI=1S/C18H24N4OS/c1-12-15(10-19)18(21-13(2)20-12)24-11-17(23)22-9-5-7-14-6-3-4-8-16(14)22/h14,16H,3-9,11H2,1-2H3. The average Bonchev–Trinajstić information content (AvgIpc) is 2.58. The molecule has 2 aliphatic rings. The lowest BCUT2D eigenvalue weighted by molar-refractivity contribution is -0.134. The van der Waals surface area contributed by atoms with Crippen molar-refractivity contribution in [1.29, 1.82) is 5.26 Å². The van der Waals surface area contributed by atoms with Gasteiger partial charge in [-0.2, -0.15) is 5.26 Å². The van der Waals surface area contributed by atoms with Crippen molar-refractivity contribution in [2.75, 3.05) is 12.3 Å². The van der Waals surface area contributed by atoms with Gasteiger partial charge in [-0.25, -0.2) is 9.97 Å². The highest BCUT2D eigenvalue weighted by Crippen LogP contribution is 2.35. The quantitative estimate of drug-likeness (QED) is 0.622. The van der Waals surface area contributed by atoms with Crippen LogP contribution in [0.5, 0.6) is 0 Å². The first-order valence-electron chi connectivity index (χ1n) is 8.77. The second-order valence-electron chi connectivity index (χ2n) is 6.78. The summed E-state index contributed by atoms with van der Waals surface area (Å²) in [5, 5.41) is 9.95. The molecule has 3 rings (SSSR count). The first kappa shape index (κ1) is 17.2. The minimum atomic E-state index is 0.189. The average molecular weight is 344 g/mol. The molecule has 2 fully saturated rings. The summed E-state index contributed by atoms with van der Waals surface area (Å²) >= 11 is 1.38. The first-order chi connectivity index (χ1) is 11.6. The number of rotatable bonds is 3. The van der Waals surface area contributed by atoms with E-state index in [2.05, 4.69) is 20.9 Å². The molecule has 5 nitrogen and oxygen atoms in total. The number of hydrogen-bond donors (Lipinski definition) is 0. The summed E-state index contributed by atoms with van der Waals surface area (Å²) in [5.74, 6) is 1.88. The van der Waals surface area contributed by atoms with Crippen LogP contribution in [-0.2, 0) is 4.79 Å². The van der Waals surface area contributed by atoms with Crippen LogP contribution in [0.4, 0.5) is 0 Å². The molecule has 1 aromatic heterocycles. The lowest BCUT2D eigenvalue weighted by atomic mass is 9.78. The molecule has 1 saturated heterocycles. The fourth-order valence-corrected chi connectivity index (χ4v) is 5.02. The van der Waals surface area contributed by atoms with Crippen molar-refractivity contribution >= 4 is 17.7 Å². The monoisotopic (exact) mass is 344 g/mol. The predicted molar refractivity (Wildman–Crippen MR) is 93.6 cm³/mol. The third-order valence-corrected chi connectivity index (χ3v) is 6.14. The third-order valence-electron chi connectivity index (χ3n) is 5.18. The molecule has 6 heteroatoms. The number of aromatic nitrogens is 2.